The molecule has 0 saturated carbocycles. The minimum atomic E-state index is -0.994. The van der Waals surface area contributed by atoms with Crippen LogP contribution in [0.5, 0.6) is 5.75 Å². The van der Waals surface area contributed by atoms with E-state index in [4.69, 9.17) is 9.84 Å². The van der Waals surface area contributed by atoms with Crippen LogP contribution in [0.3, 0.4) is 0 Å². The zero-order valence-corrected chi connectivity index (χ0v) is 19.0. The molecule has 3 amide bonds. The molecule has 1 aliphatic heterocycles. The second-order valence-corrected chi connectivity index (χ2v) is 8.39. The number of anilines is 1. The van der Waals surface area contributed by atoms with Gasteiger partial charge in [0, 0.05) is 28.4 Å². The molecule has 2 N–H and O–H groups in total. The van der Waals surface area contributed by atoms with Crippen LogP contribution >= 0.6 is 11.8 Å². The minimum absolute atomic E-state index is 0.164. The van der Waals surface area contributed by atoms with Crippen molar-refractivity contribution < 1.29 is 29.0 Å². The van der Waals surface area contributed by atoms with Crippen molar-refractivity contribution in [2.45, 2.75) is 13.5 Å². The van der Waals surface area contributed by atoms with E-state index in [-0.39, 0.29) is 11.4 Å². The highest BCUT2D eigenvalue weighted by molar-refractivity contribution is 8.18. The summed E-state index contributed by atoms with van der Waals surface area (Å²) in [7, 11) is 0. The van der Waals surface area contributed by atoms with E-state index in [0.717, 1.165) is 22.0 Å². The highest BCUT2D eigenvalue weighted by Gasteiger charge is 2.36. The summed E-state index contributed by atoms with van der Waals surface area (Å²) in [5, 5.41) is 12.0. The van der Waals surface area contributed by atoms with E-state index in [1.54, 1.807) is 53.2 Å². The summed E-state index contributed by atoms with van der Waals surface area (Å²) in [4.78, 5) is 50.0. The third kappa shape index (κ3) is 4.96. The quantitative estimate of drug-likeness (QED) is 0.472. The van der Waals surface area contributed by atoms with Crippen LogP contribution in [0, 0.1) is 0 Å². The van der Waals surface area contributed by atoms with Crippen molar-refractivity contribution in [3.8, 4) is 5.75 Å². The van der Waals surface area contributed by atoms with Gasteiger partial charge in [-0.05, 0) is 55.1 Å². The van der Waals surface area contributed by atoms with E-state index in [1.165, 1.54) is 0 Å². The summed E-state index contributed by atoms with van der Waals surface area (Å²) in [6.07, 6.45) is 3.18. The van der Waals surface area contributed by atoms with Crippen LogP contribution in [-0.4, -0.2) is 50.7 Å². The molecule has 1 saturated heterocycles. The zero-order valence-electron chi connectivity index (χ0n) is 18.2. The second-order valence-electron chi connectivity index (χ2n) is 7.40. The molecular formula is C24H21N3O6S. The number of nitrogens with one attached hydrogen (secondary N) is 1. The maximum Gasteiger partial charge on any atom is 0.323 e. The van der Waals surface area contributed by atoms with Crippen molar-refractivity contribution in [1.82, 2.24) is 9.47 Å². The zero-order chi connectivity index (χ0) is 24.2. The third-order valence-corrected chi connectivity index (χ3v) is 5.94. The van der Waals surface area contributed by atoms with Crippen LogP contribution < -0.4 is 10.1 Å². The number of aliphatic carboxylic acids is 1. The number of hydrogen-bond acceptors (Lipinski definition) is 6. The Hall–Kier alpha value is -4.05. The van der Waals surface area contributed by atoms with Crippen LogP contribution in [0.2, 0.25) is 0 Å². The maximum atomic E-state index is 12.9. The number of rotatable bonds is 8. The summed E-state index contributed by atoms with van der Waals surface area (Å²) >= 11 is 0.740. The Morgan fingerprint density at radius 3 is 2.53 bits per heavy atom. The van der Waals surface area contributed by atoms with Gasteiger partial charge in [0.25, 0.3) is 11.1 Å². The lowest BCUT2D eigenvalue weighted by atomic mass is 10.1. The molecule has 0 unspecified atom stereocenters. The number of imide groups is 1. The molecule has 1 aliphatic rings. The summed E-state index contributed by atoms with van der Waals surface area (Å²) in [5.41, 5.74) is 1.83. The average molecular weight is 480 g/mol. The van der Waals surface area contributed by atoms with E-state index in [2.05, 4.69) is 5.32 Å². The predicted molar refractivity (Wildman–Crippen MR) is 128 cm³/mol. The smallest absolute Gasteiger partial charge is 0.323 e. The molecule has 0 radical (unpaired) electrons. The van der Waals surface area contributed by atoms with Gasteiger partial charge in [-0.3, -0.25) is 24.1 Å². The molecule has 2 heterocycles. The van der Waals surface area contributed by atoms with Gasteiger partial charge in [-0.2, -0.15) is 0 Å². The number of carboxylic acids is 1. The first-order chi connectivity index (χ1) is 16.4. The molecule has 1 aromatic heterocycles. The first-order valence-corrected chi connectivity index (χ1v) is 11.2. The van der Waals surface area contributed by atoms with Gasteiger partial charge < -0.3 is 19.7 Å². The number of aromatic nitrogens is 1. The maximum absolute atomic E-state index is 12.9. The Morgan fingerprint density at radius 1 is 1.09 bits per heavy atom. The largest absolute Gasteiger partial charge is 0.494 e. The highest BCUT2D eigenvalue weighted by Crippen LogP contribution is 2.34. The van der Waals surface area contributed by atoms with Gasteiger partial charge in [0.2, 0.25) is 5.91 Å². The van der Waals surface area contributed by atoms with Gasteiger partial charge in [0.15, 0.2) is 0 Å². The van der Waals surface area contributed by atoms with E-state index < -0.39 is 29.6 Å². The molecule has 0 aliphatic carbocycles. The number of benzene rings is 2. The van der Waals surface area contributed by atoms with Crippen molar-refractivity contribution in [2.24, 2.45) is 0 Å². The van der Waals surface area contributed by atoms with Crippen molar-refractivity contribution in [3.63, 3.8) is 0 Å². The lowest BCUT2D eigenvalue weighted by Gasteiger charge is -2.12. The molecule has 34 heavy (non-hydrogen) atoms. The normalized spacial score (nSPS) is 14.7. The third-order valence-electron chi connectivity index (χ3n) is 5.04. The molecule has 2 aromatic carbocycles. The SMILES string of the molecule is CCOc1ccc(NC(=O)CN2C(=O)S/C(=C/c3cn(CC(=O)O)c4ccccc34)C2=O)cc1. The fourth-order valence-corrected chi connectivity index (χ4v) is 4.42. The van der Waals surface area contributed by atoms with Gasteiger partial charge in [-0.25, -0.2) is 0 Å². The van der Waals surface area contributed by atoms with Crippen LogP contribution in [0.4, 0.5) is 10.5 Å². The van der Waals surface area contributed by atoms with Gasteiger partial charge in [0.1, 0.15) is 18.8 Å². The summed E-state index contributed by atoms with van der Waals surface area (Å²) < 4.78 is 6.93. The molecule has 0 atom stereocenters. The Labute approximate surface area is 199 Å². The fourth-order valence-electron chi connectivity index (χ4n) is 3.59. The summed E-state index contributed by atoms with van der Waals surface area (Å²) in [6.45, 7) is 1.74. The molecular weight excluding hydrogens is 458 g/mol. The Bertz CT molecular complexity index is 1310. The van der Waals surface area contributed by atoms with Crippen LogP contribution in [0.25, 0.3) is 17.0 Å². The topological polar surface area (TPSA) is 118 Å². The standard InChI is InChI=1S/C24H21N3O6S/c1-2-33-17-9-7-16(8-10-17)25-21(28)13-27-23(31)20(34-24(27)32)11-15-12-26(14-22(29)30)19-6-4-3-5-18(15)19/h3-12H,2,13-14H2,1H3,(H,25,28)(H,29,30)/b20-11+. The van der Waals surface area contributed by atoms with Crippen molar-refractivity contribution in [3.05, 3.63) is 65.2 Å². The van der Waals surface area contributed by atoms with E-state index in [9.17, 15) is 19.2 Å². The Kier molecular flexibility index (Phi) is 6.69. The molecule has 174 valence electrons. The summed E-state index contributed by atoms with van der Waals surface area (Å²) in [5.74, 6) is -1.41. The van der Waals surface area contributed by atoms with Crippen molar-refractivity contribution >= 4 is 57.5 Å². The van der Waals surface area contributed by atoms with Crippen molar-refractivity contribution in [2.75, 3.05) is 18.5 Å². The van der Waals surface area contributed by atoms with Gasteiger partial charge in [-0.15, -0.1) is 0 Å². The van der Waals surface area contributed by atoms with Gasteiger partial charge in [-0.1, -0.05) is 18.2 Å². The monoisotopic (exact) mass is 479 g/mol. The average Bonchev–Trinajstić information content (AvgIpc) is 3.27. The molecule has 0 bridgehead atoms. The van der Waals surface area contributed by atoms with Crippen LogP contribution in [0.1, 0.15) is 12.5 Å². The van der Waals surface area contributed by atoms with E-state index in [1.807, 2.05) is 19.1 Å². The number of amides is 3. The number of ether oxygens (including phenoxy) is 1. The summed E-state index contributed by atoms with van der Waals surface area (Å²) in [6, 6.07) is 14.0. The lowest BCUT2D eigenvalue weighted by Crippen LogP contribution is -2.36. The number of carbonyl (C=O) groups excluding carboxylic acids is 3. The molecule has 9 nitrogen and oxygen atoms in total. The minimum Gasteiger partial charge on any atom is -0.494 e. The van der Waals surface area contributed by atoms with E-state index in [0.29, 0.717) is 29.1 Å². The highest BCUT2D eigenvalue weighted by atomic mass is 32.2. The fraction of sp³-hybridized carbons (Fsp3) is 0.167. The van der Waals surface area contributed by atoms with Crippen molar-refractivity contribution in [1.29, 1.82) is 0 Å². The van der Waals surface area contributed by atoms with Gasteiger partial charge >= 0.3 is 5.97 Å². The van der Waals surface area contributed by atoms with E-state index >= 15 is 0 Å². The molecule has 3 aromatic rings. The number of nitrogens with zero attached hydrogens (tertiary/aromatic N) is 2. The molecule has 1 fully saturated rings. The first-order valence-electron chi connectivity index (χ1n) is 10.4. The number of carbonyl (C=O) groups is 4. The molecule has 10 heteroatoms. The molecule has 0 spiro atoms. The Balaban J connectivity index is 1.49. The predicted octanol–water partition coefficient (Wildman–Crippen LogP) is 3.80. The van der Waals surface area contributed by atoms with Gasteiger partial charge in [0.05, 0.1) is 11.5 Å². The number of fused-ring (bicyclic) bond motifs is 1. The van der Waals surface area contributed by atoms with Crippen LogP contribution in [-0.2, 0) is 20.9 Å². The van der Waals surface area contributed by atoms with Crippen LogP contribution in [0.15, 0.2) is 59.6 Å². The Morgan fingerprint density at radius 2 is 1.82 bits per heavy atom. The first kappa shape index (κ1) is 23.1. The number of hydrogen-bond donors (Lipinski definition) is 2. The number of para-hydroxylation sites is 1. The second kappa shape index (κ2) is 9.84. The molecule has 4 rings (SSSR count). The number of thioether (sulfide) groups is 1. The number of carboxylic acid groups (broad SMARTS) is 1. The lowest BCUT2D eigenvalue weighted by molar-refractivity contribution is -0.137.